The van der Waals surface area contributed by atoms with Crippen LogP contribution in [-0.4, -0.2) is 48.3 Å². The van der Waals surface area contributed by atoms with Crippen molar-refractivity contribution in [1.29, 1.82) is 0 Å². The molecule has 1 aromatic rings. The molecule has 1 aliphatic rings. The molecule has 0 unspecified atom stereocenters. The van der Waals surface area contributed by atoms with Crippen LogP contribution in [0.25, 0.3) is 0 Å². The van der Waals surface area contributed by atoms with E-state index in [-0.39, 0.29) is 18.6 Å². The number of ether oxygens (including phenoxy) is 1. The Balaban J connectivity index is 1.96. The Hall–Kier alpha value is -1.10. The second-order valence-electron chi connectivity index (χ2n) is 5.00. The molecule has 0 bridgehead atoms. The van der Waals surface area contributed by atoms with E-state index in [1.165, 1.54) is 0 Å². The van der Waals surface area contributed by atoms with Gasteiger partial charge in [0.2, 0.25) is 0 Å². The van der Waals surface area contributed by atoms with Gasteiger partial charge in [-0.1, -0.05) is 17.7 Å². The number of carbonyl (C=O) groups excluding carboxylic acids is 1. The van der Waals surface area contributed by atoms with Crippen molar-refractivity contribution in [3.8, 4) is 0 Å². The molecule has 20 heavy (non-hydrogen) atoms. The van der Waals surface area contributed by atoms with Crippen LogP contribution in [0.15, 0.2) is 18.2 Å². The van der Waals surface area contributed by atoms with Crippen molar-refractivity contribution in [2.75, 3.05) is 26.3 Å². The maximum absolute atomic E-state index is 12.5. The molecule has 0 aliphatic carbocycles. The van der Waals surface area contributed by atoms with Crippen molar-refractivity contribution in [3.63, 3.8) is 0 Å². The van der Waals surface area contributed by atoms with E-state index in [0.717, 1.165) is 18.4 Å². The molecule has 1 aromatic carbocycles. The number of nitrogens with zero attached hydrogens (tertiary/aromatic N) is 1. The van der Waals surface area contributed by atoms with Crippen LogP contribution in [0.2, 0.25) is 5.02 Å². The zero-order valence-electron chi connectivity index (χ0n) is 11.6. The molecule has 1 fully saturated rings. The van der Waals surface area contributed by atoms with Gasteiger partial charge in [0.05, 0.1) is 19.3 Å². The maximum Gasteiger partial charge on any atom is 0.254 e. The first-order valence-corrected chi connectivity index (χ1v) is 7.28. The third-order valence-electron chi connectivity index (χ3n) is 3.67. The normalized spacial score (nSPS) is 16.4. The quantitative estimate of drug-likeness (QED) is 0.927. The summed E-state index contributed by atoms with van der Waals surface area (Å²) in [4.78, 5) is 14.3. The minimum Gasteiger partial charge on any atom is -0.394 e. The average Bonchev–Trinajstić information content (AvgIpc) is 2.48. The summed E-state index contributed by atoms with van der Waals surface area (Å²) in [5.41, 5.74) is 1.50. The Bertz CT molecular complexity index is 470. The molecule has 1 saturated heterocycles. The number of benzene rings is 1. The first kappa shape index (κ1) is 15.3. The van der Waals surface area contributed by atoms with E-state index in [1.54, 1.807) is 12.1 Å². The summed E-state index contributed by atoms with van der Waals surface area (Å²) in [5, 5.41) is 9.36. The SMILES string of the molecule is Cc1c(Cl)cccc1C(=O)N1CCC(OCCO)CC1. The Morgan fingerprint density at radius 1 is 1.45 bits per heavy atom. The van der Waals surface area contributed by atoms with Crippen molar-refractivity contribution in [2.45, 2.75) is 25.9 Å². The smallest absolute Gasteiger partial charge is 0.254 e. The van der Waals surface area contributed by atoms with Crippen molar-refractivity contribution in [3.05, 3.63) is 34.3 Å². The molecule has 1 amide bonds. The second-order valence-corrected chi connectivity index (χ2v) is 5.41. The van der Waals surface area contributed by atoms with Crippen molar-refractivity contribution < 1.29 is 14.6 Å². The number of rotatable bonds is 4. The van der Waals surface area contributed by atoms with Crippen LogP contribution in [0.1, 0.15) is 28.8 Å². The maximum atomic E-state index is 12.5. The van der Waals surface area contributed by atoms with E-state index in [2.05, 4.69) is 0 Å². The number of likely N-dealkylation sites (tertiary alicyclic amines) is 1. The molecule has 1 heterocycles. The van der Waals surface area contributed by atoms with Gasteiger partial charge < -0.3 is 14.7 Å². The molecule has 110 valence electrons. The molecule has 0 aromatic heterocycles. The fourth-order valence-corrected chi connectivity index (χ4v) is 2.63. The Kier molecular flexibility index (Phi) is 5.40. The lowest BCUT2D eigenvalue weighted by Crippen LogP contribution is -2.41. The fourth-order valence-electron chi connectivity index (χ4n) is 2.45. The number of hydrogen-bond acceptors (Lipinski definition) is 3. The molecule has 0 radical (unpaired) electrons. The first-order chi connectivity index (χ1) is 9.63. The molecule has 0 atom stereocenters. The summed E-state index contributed by atoms with van der Waals surface area (Å²) in [6.07, 6.45) is 1.77. The summed E-state index contributed by atoms with van der Waals surface area (Å²) in [7, 11) is 0. The van der Waals surface area contributed by atoms with Crippen molar-refractivity contribution >= 4 is 17.5 Å². The van der Waals surface area contributed by atoms with Crippen molar-refractivity contribution in [2.24, 2.45) is 0 Å². The van der Waals surface area contributed by atoms with Gasteiger partial charge in [-0.05, 0) is 37.5 Å². The average molecular weight is 298 g/mol. The van der Waals surface area contributed by atoms with Gasteiger partial charge in [0.1, 0.15) is 0 Å². The monoisotopic (exact) mass is 297 g/mol. The van der Waals surface area contributed by atoms with E-state index >= 15 is 0 Å². The Morgan fingerprint density at radius 3 is 2.80 bits per heavy atom. The van der Waals surface area contributed by atoms with Crippen LogP contribution in [0.4, 0.5) is 0 Å². The molecule has 2 rings (SSSR count). The number of aliphatic hydroxyl groups excluding tert-OH is 1. The predicted molar refractivity (Wildman–Crippen MR) is 78.2 cm³/mol. The van der Waals surface area contributed by atoms with E-state index < -0.39 is 0 Å². The third-order valence-corrected chi connectivity index (χ3v) is 4.08. The molecule has 0 spiro atoms. The van der Waals surface area contributed by atoms with Gasteiger partial charge in [-0.15, -0.1) is 0 Å². The lowest BCUT2D eigenvalue weighted by molar-refractivity contribution is -0.00555. The molecular weight excluding hydrogens is 278 g/mol. The zero-order chi connectivity index (χ0) is 14.5. The molecule has 1 N–H and O–H groups in total. The highest BCUT2D eigenvalue weighted by Gasteiger charge is 2.25. The van der Waals surface area contributed by atoms with Crippen LogP contribution in [-0.2, 0) is 4.74 Å². The summed E-state index contributed by atoms with van der Waals surface area (Å²) >= 11 is 6.06. The Labute approximate surface area is 124 Å². The van der Waals surface area contributed by atoms with Crippen LogP contribution in [0, 0.1) is 6.92 Å². The second kappa shape index (κ2) is 7.07. The zero-order valence-corrected chi connectivity index (χ0v) is 12.4. The van der Waals surface area contributed by atoms with E-state index in [0.29, 0.717) is 30.3 Å². The summed E-state index contributed by atoms with van der Waals surface area (Å²) in [6.45, 7) is 3.64. The largest absolute Gasteiger partial charge is 0.394 e. The van der Waals surface area contributed by atoms with E-state index in [4.69, 9.17) is 21.4 Å². The molecule has 0 saturated carbocycles. The number of hydrogen-bond donors (Lipinski definition) is 1. The van der Waals surface area contributed by atoms with Gasteiger partial charge >= 0.3 is 0 Å². The van der Waals surface area contributed by atoms with Gasteiger partial charge in [-0.25, -0.2) is 0 Å². The van der Waals surface area contributed by atoms with Gasteiger partial charge in [-0.3, -0.25) is 4.79 Å². The van der Waals surface area contributed by atoms with Crippen molar-refractivity contribution in [1.82, 2.24) is 4.90 Å². The summed E-state index contributed by atoms with van der Waals surface area (Å²) < 4.78 is 5.50. The molecule has 4 nitrogen and oxygen atoms in total. The van der Waals surface area contributed by atoms with E-state index in [9.17, 15) is 4.79 Å². The van der Waals surface area contributed by atoms with Crippen LogP contribution in [0.3, 0.4) is 0 Å². The number of amides is 1. The first-order valence-electron chi connectivity index (χ1n) is 6.90. The van der Waals surface area contributed by atoms with E-state index in [1.807, 2.05) is 17.9 Å². The standard InChI is InChI=1S/C15H20ClNO3/c1-11-13(3-2-4-14(11)16)15(19)17-7-5-12(6-8-17)20-10-9-18/h2-4,12,18H,5-10H2,1H3. The Morgan fingerprint density at radius 2 is 2.15 bits per heavy atom. The predicted octanol–water partition coefficient (Wildman–Crippen LogP) is 2.26. The van der Waals surface area contributed by atoms with Gasteiger partial charge in [0.25, 0.3) is 5.91 Å². The fraction of sp³-hybridized carbons (Fsp3) is 0.533. The van der Waals surface area contributed by atoms with Gasteiger partial charge in [0.15, 0.2) is 0 Å². The van der Waals surface area contributed by atoms with Crippen LogP contribution < -0.4 is 0 Å². The van der Waals surface area contributed by atoms with Crippen LogP contribution >= 0.6 is 11.6 Å². The summed E-state index contributed by atoms with van der Waals surface area (Å²) in [5.74, 6) is 0.0330. The number of halogens is 1. The van der Waals surface area contributed by atoms with Crippen LogP contribution in [0.5, 0.6) is 0 Å². The summed E-state index contributed by atoms with van der Waals surface area (Å²) in [6, 6.07) is 5.42. The number of piperidine rings is 1. The highest BCUT2D eigenvalue weighted by molar-refractivity contribution is 6.31. The minimum atomic E-state index is 0.0330. The van der Waals surface area contributed by atoms with Gasteiger partial charge in [0, 0.05) is 23.7 Å². The lowest BCUT2D eigenvalue weighted by Gasteiger charge is -2.32. The number of aliphatic hydroxyl groups is 1. The topological polar surface area (TPSA) is 49.8 Å². The molecule has 1 aliphatic heterocycles. The van der Waals surface area contributed by atoms with Gasteiger partial charge in [-0.2, -0.15) is 0 Å². The highest BCUT2D eigenvalue weighted by atomic mass is 35.5. The molecular formula is C15H20ClNO3. The minimum absolute atomic E-state index is 0.0330. The molecule has 5 heteroatoms. The third kappa shape index (κ3) is 3.51. The number of carbonyl (C=O) groups is 1. The highest BCUT2D eigenvalue weighted by Crippen LogP contribution is 2.22. The lowest BCUT2D eigenvalue weighted by atomic mass is 10.0.